The molecule has 0 spiro atoms. The first-order chi connectivity index (χ1) is 5.38. The maximum Gasteiger partial charge on any atom is 0.0891 e. The minimum absolute atomic E-state index is 0.170. The lowest BCUT2D eigenvalue weighted by atomic mass is 10.0. The van der Waals surface area contributed by atoms with Crippen molar-refractivity contribution in [1.29, 1.82) is 5.26 Å². The lowest BCUT2D eigenvalue weighted by Crippen LogP contribution is -1.88. The number of hydrogen-bond acceptors (Lipinski definition) is 1. The second-order valence-corrected chi connectivity index (χ2v) is 2.25. The highest BCUT2D eigenvalue weighted by Gasteiger charge is 2.02. The van der Waals surface area contributed by atoms with Crippen molar-refractivity contribution in [3.63, 3.8) is 0 Å². The van der Waals surface area contributed by atoms with Crippen LogP contribution in [0.25, 0.3) is 0 Å². The largest absolute Gasteiger partial charge is 0.197 e. The predicted octanol–water partition coefficient (Wildman–Crippen LogP) is 2.48. The summed E-state index contributed by atoms with van der Waals surface area (Å²) >= 11 is 0. The topological polar surface area (TPSA) is 23.8 Å². The predicted molar refractivity (Wildman–Crippen MR) is 45.0 cm³/mol. The molecule has 1 heteroatoms. The molecule has 0 heterocycles. The van der Waals surface area contributed by atoms with Crippen LogP contribution < -0.4 is 0 Å². The summed E-state index contributed by atoms with van der Waals surface area (Å²) in [5.41, 5.74) is 1.00. The smallest absolute Gasteiger partial charge is 0.0891 e. The van der Waals surface area contributed by atoms with Gasteiger partial charge in [0.15, 0.2) is 0 Å². The lowest BCUT2D eigenvalue weighted by Gasteiger charge is -2.00. The molecule has 0 saturated carbocycles. The highest BCUT2D eigenvalue weighted by atomic mass is 14.3. The van der Waals surface area contributed by atoms with Gasteiger partial charge in [0, 0.05) is 0 Å². The van der Waals surface area contributed by atoms with E-state index >= 15 is 0 Å². The summed E-state index contributed by atoms with van der Waals surface area (Å²) in [6.07, 6.45) is 1.65. The van der Waals surface area contributed by atoms with Crippen LogP contribution in [0.3, 0.4) is 0 Å². The zero-order valence-corrected chi connectivity index (χ0v) is 6.20. The van der Waals surface area contributed by atoms with E-state index in [0.717, 1.165) is 5.56 Å². The number of allylic oxidation sites excluding steroid dienone is 1. The molecule has 11 heavy (non-hydrogen) atoms. The van der Waals surface area contributed by atoms with Crippen LogP contribution in [0, 0.1) is 11.3 Å². The summed E-state index contributed by atoms with van der Waals surface area (Å²) in [6.45, 7) is 3.59. The standard InChI is InChI=1S/C10H9N/c1-2-9(8-11)10-6-4-3-5-7-10/h2-7,9H,1H2/t9-/m1/s1. The van der Waals surface area contributed by atoms with Gasteiger partial charge < -0.3 is 0 Å². The van der Waals surface area contributed by atoms with Gasteiger partial charge in [0.1, 0.15) is 0 Å². The van der Waals surface area contributed by atoms with Crippen molar-refractivity contribution in [2.45, 2.75) is 5.92 Å². The minimum atomic E-state index is -0.170. The number of rotatable bonds is 2. The molecule has 1 atom stereocenters. The van der Waals surface area contributed by atoms with Crippen molar-refractivity contribution in [3.8, 4) is 6.07 Å². The monoisotopic (exact) mass is 143 g/mol. The Labute approximate surface area is 66.6 Å². The van der Waals surface area contributed by atoms with Gasteiger partial charge in [-0.15, -0.1) is 6.58 Å². The average molecular weight is 143 g/mol. The molecule has 0 saturated heterocycles. The zero-order chi connectivity index (χ0) is 8.10. The maximum absolute atomic E-state index is 8.66. The third-order valence-corrected chi connectivity index (χ3v) is 1.53. The maximum atomic E-state index is 8.66. The van der Waals surface area contributed by atoms with E-state index in [9.17, 15) is 0 Å². The molecule has 0 aliphatic rings. The van der Waals surface area contributed by atoms with Crippen molar-refractivity contribution in [3.05, 3.63) is 48.6 Å². The molecule has 0 N–H and O–H groups in total. The van der Waals surface area contributed by atoms with Crippen molar-refractivity contribution in [2.75, 3.05) is 0 Å². The molecule has 0 aliphatic heterocycles. The molecular formula is C10H9N. The summed E-state index contributed by atoms with van der Waals surface area (Å²) in [5, 5.41) is 8.66. The molecule has 0 fully saturated rings. The van der Waals surface area contributed by atoms with Crippen LogP contribution >= 0.6 is 0 Å². The number of hydrogen-bond donors (Lipinski definition) is 0. The van der Waals surface area contributed by atoms with Crippen LogP contribution in [0.5, 0.6) is 0 Å². The van der Waals surface area contributed by atoms with E-state index in [-0.39, 0.29) is 5.92 Å². The van der Waals surface area contributed by atoms with Crippen LogP contribution in [0.15, 0.2) is 43.0 Å². The first kappa shape index (κ1) is 7.56. The van der Waals surface area contributed by atoms with Gasteiger partial charge >= 0.3 is 0 Å². The SMILES string of the molecule is C=C[C@H](C#N)c1ccccc1. The minimum Gasteiger partial charge on any atom is -0.197 e. The van der Waals surface area contributed by atoms with Crippen LogP contribution in [0.4, 0.5) is 0 Å². The van der Waals surface area contributed by atoms with Crippen LogP contribution in [0.2, 0.25) is 0 Å². The summed E-state index contributed by atoms with van der Waals surface area (Å²) in [6, 6.07) is 11.8. The number of benzene rings is 1. The Morgan fingerprint density at radius 1 is 1.36 bits per heavy atom. The fraction of sp³-hybridized carbons (Fsp3) is 0.100. The van der Waals surface area contributed by atoms with E-state index in [1.165, 1.54) is 0 Å². The van der Waals surface area contributed by atoms with Gasteiger partial charge in [-0.05, 0) is 5.56 Å². The molecule has 0 bridgehead atoms. The Bertz CT molecular complexity index is 269. The summed E-state index contributed by atoms with van der Waals surface area (Å²) < 4.78 is 0. The molecule has 1 rings (SSSR count). The van der Waals surface area contributed by atoms with Crippen molar-refractivity contribution in [1.82, 2.24) is 0 Å². The Hall–Kier alpha value is -1.55. The van der Waals surface area contributed by atoms with E-state index in [1.807, 2.05) is 30.3 Å². The first-order valence-electron chi connectivity index (χ1n) is 3.45. The van der Waals surface area contributed by atoms with Gasteiger partial charge in [-0.1, -0.05) is 36.4 Å². The lowest BCUT2D eigenvalue weighted by molar-refractivity contribution is 1.10. The Balaban J connectivity index is 2.93. The summed E-state index contributed by atoms with van der Waals surface area (Å²) in [4.78, 5) is 0. The summed E-state index contributed by atoms with van der Waals surface area (Å²) in [7, 11) is 0. The molecule has 1 nitrogen and oxygen atoms in total. The summed E-state index contributed by atoms with van der Waals surface area (Å²) in [5.74, 6) is -0.170. The Morgan fingerprint density at radius 3 is 2.45 bits per heavy atom. The first-order valence-corrected chi connectivity index (χ1v) is 3.45. The van der Waals surface area contributed by atoms with Gasteiger partial charge in [-0.3, -0.25) is 0 Å². The van der Waals surface area contributed by atoms with Gasteiger partial charge in [0.05, 0.1) is 12.0 Å². The quantitative estimate of drug-likeness (QED) is 0.583. The van der Waals surface area contributed by atoms with Gasteiger partial charge in [-0.25, -0.2) is 0 Å². The highest BCUT2D eigenvalue weighted by molar-refractivity contribution is 5.28. The molecule has 0 unspecified atom stereocenters. The normalized spacial score (nSPS) is 11.5. The molecule has 0 aliphatic carbocycles. The van der Waals surface area contributed by atoms with E-state index in [1.54, 1.807) is 6.08 Å². The van der Waals surface area contributed by atoms with E-state index < -0.39 is 0 Å². The Kier molecular flexibility index (Phi) is 2.46. The molecule has 0 amide bonds. The van der Waals surface area contributed by atoms with Crippen molar-refractivity contribution in [2.24, 2.45) is 0 Å². The van der Waals surface area contributed by atoms with E-state index in [0.29, 0.717) is 0 Å². The van der Waals surface area contributed by atoms with E-state index in [2.05, 4.69) is 12.6 Å². The second-order valence-electron chi connectivity index (χ2n) is 2.25. The third kappa shape index (κ3) is 1.68. The molecule has 0 aromatic heterocycles. The third-order valence-electron chi connectivity index (χ3n) is 1.53. The number of nitrogens with zero attached hydrogens (tertiary/aromatic N) is 1. The second kappa shape index (κ2) is 3.58. The van der Waals surface area contributed by atoms with Gasteiger partial charge in [0.2, 0.25) is 0 Å². The number of nitriles is 1. The zero-order valence-electron chi connectivity index (χ0n) is 6.20. The molecule has 1 aromatic rings. The molecule has 54 valence electrons. The molecule has 1 aromatic carbocycles. The van der Waals surface area contributed by atoms with Crippen LogP contribution in [-0.2, 0) is 0 Å². The van der Waals surface area contributed by atoms with Gasteiger partial charge in [-0.2, -0.15) is 5.26 Å². The average Bonchev–Trinajstić information content (AvgIpc) is 2.09. The van der Waals surface area contributed by atoms with Gasteiger partial charge in [0.25, 0.3) is 0 Å². The van der Waals surface area contributed by atoms with Crippen LogP contribution in [0.1, 0.15) is 11.5 Å². The molecule has 0 radical (unpaired) electrons. The molecular weight excluding hydrogens is 134 g/mol. The van der Waals surface area contributed by atoms with E-state index in [4.69, 9.17) is 5.26 Å². The van der Waals surface area contributed by atoms with Crippen molar-refractivity contribution >= 4 is 0 Å². The fourth-order valence-electron chi connectivity index (χ4n) is 0.924. The Morgan fingerprint density at radius 2 is 2.00 bits per heavy atom. The highest BCUT2D eigenvalue weighted by Crippen LogP contribution is 2.14. The van der Waals surface area contributed by atoms with Crippen LogP contribution in [-0.4, -0.2) is 0 Å². The fourth-order valence-corrected chi connectivity index (χ4v) is 0.924. The van der Waals surface area contributed by atoms with Crippen molar-refractivity contribution < 1.29 is 0 Å².